The second-order valence-corrected chi connectivity index (χ2v) is 6.44. The molecule has 3 heterocycles. The molecule has 0 saturated heterocycles. The zero-order chi connectivity index (χ0) is 16.0. The van der Waals surface area contributed by atoms with Crippen LogP contribution in [0.1, 0.15) is 19.8 Å². The number of fused-ring (bicyclic) bond motifs is 1. The van der Waals surface area contributed by atoms with Crippen LogP contribution in [-0.4, -0.2) is 43.1 Å². The van der Waals surface area contributed by atoms with Crippen LogP contribution in [0.5, 0.6) is 5.88 Å². The lowest BCUT2D eigenvalue weighted by Crippen LogP contribution is -2.54. The average Bonchev–Trinajstić information content (AvgIpc) is 3.12. The van der Waals surface area contributed by atoms with Crippen molar-refractivity contribution in [3.8, 4) is 17.1 Å². The van der Waals surface area contributed by atoms with Crippen molar-refractivity contribution in [3.05, 3.63) is 30.9 Å². The van der Waals surface area contributed by atoms with Gasteiger partial charge in [0.15, 0.2) is 0 Å². The minimum absolute atomic E-state index is 0.182. The summed E-state index contributed by atoms with van der Waals surface area (Å²) in [7, 11) is 3.88. The molecule has 0 amide bonds. The molecule has 0 atom stereocenters. The number of aromatic nitrogens is 5. The lowest BCUT2D eigenvalue weighted by molar-refractivity contribution is -0.0152. The Balaban J connectivity index is 1.72. The maximum absolute atomic E-state index is 6.27. The minimum atomic E-state index is -0.182. The highest BCUT2D eigenvalue weighted by Crippen LogP contribution is 2.37. The second kappa shape index (κ2) is 5.06. The lowest BCUT2D eigenvalue weighted by atomic mass is 9.77. The number of hydrogen-bond acceptors (Lipinski definition) is 5. The van der Waals surface area contributed by atoms with Gasteiger partial charge in [0.1, 0.15) is 11.1 Å². The molecule has 3 aromatic rings. The lowest BCUT2D eigenvalue weighted by Gasteiger charge is -2.44. The smallest absolute Gasteiger partial charge is 0.241 e. The van der Waals surface area contributed by atoms with E-state index in [1.807, 2.05) is 37.1 Å². The molecule has 0 unspecified atom stereocenters. The predicted octanol–water partition coefficient (Wildman–Crippen LogP) is 1.65. The van der Waals surface area contributed by atoms with Crippen LogP contribution in [0.25, 0.3) is 16.8 Å². The van der Waals surface area contributed by atoms with Crippen LogP contribution < -0.4 is 10.1 Å². The highest BCUT2D eigenvalue weighted by Gasteiger charge is 2.42. The Labute approximate surface area is 134 Å². The fourth-order valence-corrected chi connectivity index (χ4v) is 3.17. The third-order valence-corrected chi connectivity index (χ3v) is 4.46. The van der Waals surface area contributed by atoms with Gasteiger partial charge >= 0.3 is 0 Å². The number of aryl methyl sites for hydroxylation is 1. The van der Waals surface area contributed by atoms with Crippen molar-refractivity contribution in [1.29, 1.82) is 0 Å². The molecule has 0 aliphatic heterocycles. The molecule has 1 aliphatic rings. The molecule has 0 bridgehead atoms. The van der Waals surface area contributed by atoms with E-state index < -0.39 is 0 Å². The summed E-state index contributed by atoms with van der Waals surface area (Å²) in [6.07, 6.45) is 9.34. The Hall–Kier alpha value is -2.41. The van der Waals surface area contributed by atoms with Gasteiger partial charge in [-0.15, -0.1) is 0 Å². The van der Waals surface area contributed by atoms with Crippen LogP contribution in [0.4, 0.5) is 0 Å². The highest BCUT2D eigenvalue weighted by molar-refractivity contribution is 5.63. The fourth-order valence-electron chi connectivity index (χ4n) is 3.17. The monoisotopic (exact) mass is 312 g/mol. The third kappa shape index (κ3) is 2.46. The van der Waals surface area contributed by atoms with Crippen LogP contribution in [-0.2, 0) is 7.05 Å². The minimum Gasteiger partial charge on any atom is -0.470 e. The van der Waals surface area contributed by atoms with E-state index >= 15 is 0 Å². The van der Waals surface area contributed by atoms with Crippen molar-refractivity contribution in [1.82, 2.24) is 29.7 Å². The molecule has 0 radical (unpaired) electrons. The molecule has 4 rings (SSSR count). The molecule has 0 aromatic carbocycles. The molecule has 7 heteroatoms. The topological polar surface area (TPSA) is 69.3 Å². The Bertz CT molecular complexity index is 845. The number of rotatable bonds is 4. The molecule has 1 aliphatic carbocycles. The zero-order valence-corrected chi connectivity index (χ0v) is 13.5. The summed E-state index contributed by atoms with van der Waals surface area (Å²) in [5.41, 5.74) is 2.45. The third-order valence-electron chi connectivity index (χ3n) is 4.46. The van der Waals surface area contributed by atoms with Crippen LogP contribution in [0.2, 0.25) is 0 Å². The van der Waals surface area contributed by atoms with E-state index in [1.54, 1.807) is 17.1 Å². The van der Waals surface area contributed by atoms with Crippen molar-refractivity contribution in [2.24, 2.45) is 7.05 Å². The first-order chi connectivity index (χ1) is 11.1. The van der Waals surface area contributed by atoms with Gasteiger partial charge in [0.25, 0.3) is 0 Å². The Kier molecular flexibility index (Phi) is 3.12. The molecule has 1 saturated carbocycles. The van der Waals surface area contributed by atoms with Crippen molar-refractivity contribution in [3.63, 3.8) is 0 Å². The largest absolute Gasteiger partial charge is 0.470 e. The number of ether oxygens (including phenoxy) is 1. The quantitative estimate of drug-likeness (QED) is 0.793. The van der Waals surface area contributed by atoms with Crippen molar-refractivity contribution >= 4 is 5.52 Å². The van der Waals surface area contributed by atoms with Gasteiger partial charge < -0.3 is 10.1 Å². The maximum Gasteiger partial charge on any atom is 0.241 e. The highest BCUT2D eigenvalue weighted by atomic mass is 16.5. The Morgan fingerprint density at radius 2 is 2.13 bits per heavy atom. The summed E-state index contributed by atoms with van der Waals surface area (Å²) in [6.45, 7) is 2.13. The van der Waals surface area contributed by atoms with Crippen LogP contribution in [0, 0.1) is 0 Å². The van der Waals surface area contributed by atoms with Gasteiger partial charge in [0.2, 0.25) is 5.88 Å². The van der Waals surface area contributed by atoms with Gasteiger partial charge in [-0.25, -0.2) is 9.50 Å². The van der Waals surface area contributed by atoms with E-state index in [0.717, 1.165) is 29.6 Å². The normalized spacial score (nSPS) is 23.9. The molecular weight excluding hydrogens is 292 g/mol. The molecule has 120 valence electrons. The van der Waals surface area contributed by atoms with Gasteiger partial charge in [0, 0.05) is 37.7 Å². The zero-order valence-electron chi connectivity index (χ0n) is 13.5. The van der Waals surface area contributed by atoms with Crippen molar-refractivity contribution < 1.29 is 4.74 Å². The van der Waals surface area contributed by atoms with E-state index in [-0.39, 0.29) is 5.60 Å². The van der Waals surface area contributed by atoms with E-state index in [1.165, 1.54) is 0 Å². The van der Waals surface area contributed by atoms with E-state index in [2.05, 4.69) is 22.4 Å². The van der Waals surface area contributed by atoms with E-state index in [4.69, 9.17) is 9.72 Å². The number of nitrogens with one attached hydrogen (secondary N) is 1. The van der Waals surface area contributed by atoms with Gasteiger partial charge in [-0.2, -0.15) is 10.2 Å². The van der Waals surface area contributed by atoms with Crippen LogP contribution in [0.15, 0.2) is 30.9 Å². The SMILES string of the molecule is CN[C@H]1C[C@@](C)(Oc2nc(-c3cnn(C)c3)cn3nccc23)C1. The molecule has 0 spiro atoms. The fraction of sp³-hybridized carbons (Fsp3) is 0.438. The van der Waals surface area contributed by atoms with Gasteiger partial charge in [-0.1, -0.05) is 0 Å². The summed E-state index contributed by atoms with van der Waals surface area (Å²) in [4.78, 5) is 4.72. The molecular formula is C16H20N6O. The number of hydrogen-bond donors (Lipinski definition) is 1. The Morgan fingerprint density at radius 1 is 1.30 bits per heavy atom. The first kappa shape index (κ1) is 14.2. The average molecular weight is 312 g/mol. The van der Waals surface area contributed by atoms with Gasteiger partial charge in [-0.05, 0) is 20.0 Å². The molecule has 3 aromatic heterocycles. The van der Waals surface area contributed by atoms with Crippen LogP contribution in [0.3, 0.4) is 0 Å². The predicted molar refractivity (Wildman–Crippen MR) is 86.3 cm³/mol. The summed E-state index contributed by atoms with van der Waals surface area (Å²) < 4.78 is 9.84. The first-order valence-corrected chi connectivity index (χ1v) is 7.76. The molecule has 7 nitrogen and oxygen atoms in total. The summed E-state index contributed by atoms with van der Waals surface area (Å²) in [6, 6.07) is 2.44. The number of nitrogens with zero attached hydrogens (tertiary/aromatic N) is 5. The summed E-state index contributed by atoms with van der Waals surface area (Å²) in [5.74, 6) is 0.626. The van der Waals surface area contributed by atoms with Gasteiger partial charge in [0.05, 0.1) is 24.3 Å². The summed E-state index contributed by atoms with van der Waals surface area (Å²) in [5, 5.41) is 11.8. The standard InChI is InChI=1S/C16H20N6O/c1-16(6-12(7-16)17-2)23-15-14-4-5-18-22(14)10-13(20-15)11-8-19-21(3)9-11/h4-5,8-10,12,17H,6-7H2,1-3H3/t12-,16+. The van der Waals surface area contributed by atoms with Crippen LogP contribution >= 0.6 is 0 Å². The van der Waals surface area contributed by atoms with Gasteiger partial charge in [-0.3, -0.25) is 4.68 Å². The molecule has 23 heavy (non-hydrogen) atoms. The summed E-state index contributed by atoms with van der Waals surface area (Å²) >= 11 is 0. The maximum atomic E-state index is 6.27. The molecule has 1 fully saturated rings. The second-order valence-electron chi connectivity index (χ2n) is 6.44. The van der Waals surface area contributed by atoms with Crippen molar-refractivity contribution in [2.75, 3.05) is 7.05 Å². The van der Waals surface area contributed by atoms with E-state index in [9.17, 15) is 0 Å². The van der Waals surface area contributed by atoms with Crippen molar-refractivity contribution in [2.45, 2.75) is 31.4 Å². The molecule has 1 N–H and O–H groups in total. The first-order valence-electron chi connectivity index (χ1n) is 7.76. The van der Waals surface area contributed by atoms with E-state index in [0.29, 0.717) is 11.9 Å². The Morgan fingerprint density at radius 3 is 2.83 bits per heavy atom.